The third-order valence-corrected chi connectivity index (χ3v) is 6.71. The van der Waals surface area contributed by atoms with Crippen LogP contribution >= 0.6 is 0 Å². The smallest absolute Gasteiger partial charge is 0.133 e. The van der Waals surface area contributed by atoms with Gasteiger partial charge in [-0.25, -0.2) is 0 Å². The lowest BCUT2D eigenvalue weighted by atomic mass is 9.83. The zero-order chi connectivity index (χ0) is 25.9. The number of rotatable bonds is 8. The summed E-state index contributed by atoms with van der Waals surface area (Å²) >= 11 is 0. The van der Waals surface area contributed by atoms with Crippen molar-refractivity contribution < 1.29 is 9.47 Å². The highest BCUT2D eigenvalue weighted by Gasteiger charge is 2.22. The second-order valence-corrected chi connectivity index (χ2v) is 9.00. The van der Waals surface area contributed by atoms with Gasteiger partial charge in [0.15, 0.2) is 0 Å². The Morgan fingerprint density at radius 1 is 0.611 bits per heavy atom. The van der Waals surface area contributed by atoms with Crippen LogP contribution in [0.5, 0.6) is 11.5 Å². The predicted octanol–water partition coefficient (Wildman–Crippen LogP) is 6.59. The van der Waals surface area contributed by atoms with E-state index in [1.165, 1.54) is 0 Å². The number of benzene rings is 2. The van der Waals surface area contributed by atoms with Crippen LogP contribution < -0.4 is 9.47 Å². The van der Waals surface area contributed by atoms with Gasteiger partial charge in [0.2, 0.25) is 0 Å². The number of nitriles is 4. The standard InChI is InChI=1S/C30H28N4O2/c1-21(27(15-31)16-32)25-7-11-29(12-8-25)35-19-23-3-5-24(6-4-23)20-36-30-13-9-26(10-14-30)22(2)28(17-33)18-34/h7-14,23-24H,3-6,19-20H2,1-2H3. The first-order valence-corrected chi connectivity index (χ1v) is 12.0. The van der Waals surface area contributed by atoms with E-state index in [0.29, 0.717) is 36.2 Å². The van der Waals surface area contributed by atoms with E-state index in [1.807, 2.05) is 72.8 Å². The minimum atomic E-state index is 0.124. The van der Waals surface area contributed by atoms with Crippen LogP contribution in [0.25, 0.3) is 11.1 Å². The molecule has 36 heavy (non-hydrogen) atoms. The van der Waals surface area contributed by atoms with Gasteiger partial charge in [-0.15, -0.1) is 0 Å². The van der Waals surface area contributed by atoms with Gasteiger partial charge in [-0.3, -0.25) is 0 Å². The first kappa shape index (κ1) is 26.1. The average Bonchev–Trinajstić information content (AvgIpc) is 2.93. The zero-order valence-corrected chi connectivity index (χ0v) is 20.6. The Bertz CT molecular complexity index is 1150. The summed E-state index contributed by atoms with van der Waals surface area (Å²) in [6.45, 7) is 4.89. The third kappa shape index (κ3) is 6.76. The van der Waals surface area contributed by atoms with Crippen molar-refractivity contribution in [3.63, 3.8) is 0 Å². The topological polar surface area (TPSA) is 114 Å². The van der Waals surface area contributed by atoms with Crippen molar-refractivity contribution in [1.29, 1.82) is 21.0 Å². The molecular formula is C30H28N4O2. The van der Waals surface area contributed by atoms with Crippen molar-refractivity contribution >= 4 is 11.1 Å². The lowest BCUT2D eigenvalue weighted by Crippen LogP contribution is -2.23. The summed E-state index contributed by atoms with van der Waals surface area (Å²) in [5.74, 6) is 2.60. The molecule has 0 atom stereocenters. The molecule has 1 aliphatic rings. The molecule has 1 aliphatic carbocycles. The fourth-order valence-electron chi connectivity index (χ4n) is 4.27. The van der Waals surface area contributed by atoms with Gasteiger partial charge in [0.1, 0.15) is 46.9 Å². The Labute approximate surface area is 212 Å². The van der Waals surface area contributed by atoms with Crippen molar-refractivity contribution in [1.82, 2.24) is 0 Å². The largest absolute Gasteiger partial charge is 0.493 e. The maximum Gasteiger partial charge on any atom is 0.133 e. The normalized spacial score (nSPS) is 16.3. The van der Waals surface area contributed by atoms with Gasteiger partial charge >= 0.3 is 0 Å². The number of ether oxygens (including phenoxy) is 2. The van der Waals surface area contributed by atoms with Gasteiger partial charge in [-0.2, -0.15) is 21.0 Å². The van der Waals surface area contributed by atoms with E-state index in [0.717, 1.165) is 48.3 Å². The summed E-state index contributed by atoms with van der Waals surface area (Å²) in [6.07, 6.45) is 4.37. The van der Waals surface area contributed by atoms with Crippen LogP contribution in [0.1, 0.15) is 50.7 Å². The Morgan fingerprint density at radius 2 is 0.917 bits per heavy atom. The van der Waals surface area contributed by atoms with Crippen LogP contribution in [0.15, 0.2) is 59.7 Å². The highest BCUT2D eigenvalue weighted by atomic mass is 16.5. The fraction of sp³-hybridized carbons (Fsp3) is 0.333. The van der Waals surface area contributed by atoms with Crippen LogP contribution in [-0.2, 0) is 0 Å². The Kier molecular flexibility index (Phi) is 9.28. The molecule has 1 fully saturated rings. The highest BCUT2D eigenvalue weighted by molar-refractivity contribution is 5.74. The minimum absolute atomic E-state index is 0.124. The molecule has 3 rings (SSSR count). The molecule has 0 heterocycles. The quantitative estimate of drug-likeness (QED) is 0.397. The van der Waals surface area contributed by atoms with Crippen molar-refractivity contribution in [2.75, 3.05) is 13.2 Å². The van der Waals surface area contributed by atoms with E-state index in [-0.39, 0.29) is 11.1 Å². The first-order valence-electron chi connectivity index (χ1n) is 12.0. The molecule has 0 N–H and O–H groups in total. The minimum Gasteiger partial charge on any atom is -0.493 e. The zero-order valence-electron chi connectivity index (χ0n) is 20.6. The van der Waals surface area contributed by atoms with Gasteiger partial charge in [-0.05, 0) is 97.9 Å². The molecule has 0 amide bonds. The molecule has 0 radical (unpaired) electrons. The molecule has 2 aromatic rings. The number of hydrogen-bond acceptors (Lipinski definition) is 6. The Balaban J connectivity index is 1.42. The summed E-state index contributed by atoms with van der Waals surface area (Å²) in [5.41, 5.74) is 3.27. The summed E-state index contributed by atoms with van der Waals surface area (Å²) in [7, 11) is 0. The van der Waals surface area contributed by atoms with Crippen molar-refractivity contribution in [3.8, 4) is 35.8 Å². The van der Waals surface area contributed by atoms with Crippen molar-refractivity contribution in [2.45, 2.75) is 39.5 Å². The van der Waals surface area contributed by atoms with E-state index in [9.17, 15) is 0 Å². The molecular weight excluding hydrogens is 448 g/mol. The maximum atomic E-state index is 9.03. The van der Waals surface area contributed by atoms with Crippen LogP contribution in [-0.4, -0.2) is 13.2 Å². The summed E-state index contributed by atoms with van der Waals surface area (Å²) in [5, 5.41) is 36.1. The highest BCUT2D eigenvalue weighted by Crippen LogP contribution is 2.31. The Hall–Kier alpha value is -4.52. The van der Waals surface area contributed by atoms with Crippen molar-refractivity contribution in [2.24, 2.45) is 11.8 Å². The van der Waals surface area contributed by atoms with Crippen LogP contribution in [0, 0.1) is 57.2 Å². The van der Waals surface area contributed by atoms with Gasteiger partial charge in [0.05, 0.1) is 13.2 Å². The predicted molar refractivity (Wildman–Crippen MR) is 137 cm³/mol. The molecule has 0 unspecified atom stereocenters. The SMILES string of the molecule is CC(=C(C#N)C#N)c1ccc(OCC2CCC(COc3ccc(C(C)=C(C#N)C#N)cc3)CC2)cc1. The van der Waals surface area contributed by atoms with E-state index >= 15 is 0 Å². The second kappa shape index (κ2) is 12.8. The van der Waals surface area contributed by atoms with Gasteiger partial charge in [0, 0.05) is 0 Å². The molecule has 0 saturated heterocycles. The van der Waals surface area contributed by atoms with Crippen molar-refractivity contribution in [3.05, 3.63) is 70.8 Å². The van der Waals surface area contributed by atoms with E-state index < -0.39 is 0 Å². The van der Waals surface area contributed by atoms with Gasteiger partial charge in [0.25, 0.3) is 0 Å². The molecule has 0 aliphatic heterocycles. The average molecular weight is 477 g/mol. The number of hydrogen-bond donors (Lipinski definition) is 0. The number of nitrogens with zero attached hydrogens (tertiary/aromatic N) is 4. The maximum absolute atomic E-state index is 9.03. The monoisotopic (exact) mass is 476 g/mol. The summed E-state index contributed by atoms with van der Waals surface area (Å²) < 4.78 is 12.0. The molecule has 1 saturated carbocycles. The van der Waals surface area contributed by atoms with Gasteiger partial charge < -0.3 is 9.47 Å². The molecule has 6 nitrogen and oxygen atoms in total. The third-order valence-electron chi connectivity index (χ3n) is 6.71. The van der Waals surface area contributed by atoms with Crippen LogP contribution in [0.2, 0.25) is 0 Å². The molecule has 180 valence electrons. The fourth-order valence-corrected chi connectivity index (χ4v) is 4.27. The number of allylic oxidation sites excluding steroid dienone is 4. The lowest BCUT2D eigenvalue weighted by Gasteiger charge is -2.28. The summed E-state index contributed by atoms with van der Waals surface area (Å²) in [6, 6.07) is 22.8. The van der Waals surface area contributed by atoms with E-state index in [4.69, 9.17) is 30.5 Å². The van der Waals surface area contributed by atoms with Gasteiger partial charge in [-0.1, -0.05) is 24.3 Å². The Morgan fingerprint density at radius 3 is 1.19 bits per heavy atom. The lowest BCUT2D eigenvalue weighted by molar-refractivity contribution is 0.148. The molecule has 6 heteroatoms. The summed E-state index contributed by atoms with van der Waals surface area (Å²) in [4.78, 5) is 0. The van der Waals surface area contributed by atoms with E-state index in [2.05, 4.69) is 0 Å². The molecule has 0 spiro atoms. The van der Waals surface area contributed by atoms with Crippen LogP contribution in [0.3, 0.4) is 0 Å². The molecule has 0 aromatic heterocycles. The van der Waals surface area contributed by atoms with E-state index in [1.54, 1.807) is 13.8 Å². The molecule has 0 bridgehead atoms. The van der Waals surface area contributed by atoms with Crippen LogP contribution in [0.4, 0.5) is 0 Å². The first-order chi connectivity index (χ1) is 17.5. The second-order valence-electron chi connectivity index (χ2n) is 9.00. The molecule has 2 aromatic carbocycles.